The third kappa shape index (κ3) is 3.43. The van der Waals surface area contributed by atoms with E-state index in [9.17, 15) is 4.79 Å². The molecule has 1 amide bonds. The van der Waals surface area contributed by atoms with Crippen LogP contribution in [0.2, 0.25) is 0 Å². The van der Waals surface area contributed by atoms with Crippen molar-refractivity contribution < 1.29 is 4.79 Å². The minimum atomic E-state index is 0.0753. The predicted molar refractivity (Wildman–Crippen MR) is 98.8 cm³/mol. The van der Waals surface area contributed by atoms with Gasteiger partial charge in [0.1, 0.15) is 5.52 Å². The normalized spacial score (nSPS) is 15.5. The number of carbonyl (C=O) groups is 1. The molecule has 1 aromatic carbocycles. The first-order valence-corrected chi connectivity index (χ1v) is 8.91. The standard InChI is InChI=1S/C19H22N6O/c1-23-18-3-2-16(14-17(18)21-22-23)19(26)25-12-10-24(11-13-25)9-6-15-4-7-20-8-5-15/h2-5,7-8,14H,6,9-13H2,1H3. The second-order valence-electron chi connectivity index (χ2n) is 6.66. The molecule has 0 aliphatic carbocycles. The Labute approximate surface area is 152 Å². The molecule has 134 valence electrons. The van der Waals surface area contributed by atoms with Gasteiger partial charge in [0.25, 0.3) is 5.91 Å². The van der Waals surface area contributed by atoms with Gasteiger partial charge >= 0.3 is 0 Å². The number of benzene rings is 1. The van der Waals surface area contributed by atoms with E-state index < -0.39 is 0 Å². The van der Waals surface area contributed by atoms with Crippen LogP contribution in [0, 0.1) is 0 Å². The zero-order chi connectivity index (χ0) is 17.9. The molecule has 0 spiro atoms. The first kappa shape index (κ1) is 16.7. The lowest BCUT2D eigenvalue weighted by molar-refractivity contribution is 0.0638. The van der Waals surface area contributed by atoms with E-state index in [1.807, 2.05) is 42.5 Å². The van der Waals surface area contributed by atoms with Crippen LogP contribution in [0.15, 0.2) is 42.7 Å². The van der Waals surface area contributed by atoms with E-state index in [1.54, 1.807) is 4.68 Å². The molecule has 0 radical (unpaired) electrons. The number of fused-ring (bicyclic) bond motifs is 1. The van der Waals surface area contributed by atoms with Crippen LogP contribution in [0.1, 0.15) is 15.9 Å². The van der Waals surface area contributed by atoms with Gasteiger partial charge in [-0.1, -0.05) is 5.21 Å². The maximum Gasteiger partial charge on any atom is 0.254 e. The molecule has 1 fully saturated rings. The van der Waals surface area contributed by atoms with E-state index in [-0.39, 0.29) is 5.91 Å². The van der Waals surface area contributed by atoms with Crippen LogP contribution in [-0.4, -0.2) is 68.4 Å². The number of aromatic nitrogens is 4. The van der Waals surface area contributed by atoms with E-state index in [0.29, 0.717) is 5.56 Å². The lowest BCUT2D eigenvalue weighted by Crippen LogP contribution is -2.49. The summed E-state index contributed by atoms with van der Waals surface area (Å²) in [6.07, 6.45) is 4.68. The smallest absolute Gasteiger partial charge is 0.254 e. The van der Waals surface area contributed by atoms with Gasteiger partial charge in [-0.05, 0) is 42.3 Å². The van der Waals surface area contributed by atoms with Gasteiger partial charge in [-0.15, -0.1) is 5.10 Å². The monoisotopic (exact) mass is 350 g/mol. The van der Waals surface area contributed by atoms with E-state index in [4.69, 9.17) is 0 Å². The van der Waals surface area contributed by atoms with Crippen molar-refractivity contribution in [2.45, 2.75) is 6.42 Å². The molecule has 3 heterocycles. The maximum absolute atomic E-state index is 12.8. The molecule has 7 heteroatoms. The minimum absolute atomic E-state index is 0.0753. The molecule has 4 rings (SSSR count). The predicted octanol–water partition coefficient (Wildman–Crippen LogP) is 1.36. The van der Waals surface area contributed by atoms with Gasteiger partial charge in [-0.25, -0.2) is 4.68 Å². The highest BCUT2D eigenvalue weighted by molar-refractivity contribution is 5.97. The number of amides is 1. The average molecular weight is 350 g/mol. The number of nitrogens with zero attached hydrogens (tertiary/aromatic N) is 6. The molecular weight excluding hydrogens is 328 g/mol. The summed E-state index contributed by atoms with van der Waals surface area (Å²) >= 11 is 0. The fourth-order valence-corrected chi connectivity index (χ4v) is 3.37. The summed E-state index contributed by atoms with van der Waals surface area (Å²) in [7, 11) is 1.85. The van der Waals surface area contributed by atoms with Gasteiger partial charge < -0.3 is 4.90 Å². The van der Waals surface area contributed by atoms with E-state index >= 15 is 0 Å². The van der Waals surface area contributed by atoms with Crippen molar-refractivity contribution in [2.24, 2.45) is 7.05 Å². The highest BCUT2D eigenvalue weighted by atomic mass is 16.2. The quantitative estimate of drug-likeness (QED) is 0.711. The van der Waals surface area contributed by atoms with Gasteiger partial charge in [0.05, 0.1) is 5.52 Å². The van der Waals surface area contributed by atoms with Gasteiger partial charge in [0.2, 0.25) is 0 Å². The summed E-state index contributed by atoms with van der Waals surface area (Å²) in [4.78, 5) is 21.2. The first-order valence-electron chi connectivity index (χ1n) is 8.91. The summed E-state index contributed by atoms with van der Waals surface area (Å²) in [5.74, 6) is 0.0753. The first-order chi connectivity index (χ1) is 12.7. The molecule has 0 atom stereocenters. The second kappa shape index (κ2) is 7.21. The van der Waals surface area contributed by atoms with Crippen LogP contribution in [-0.2, 0) is 13.5 Å². The van der Waals surface area contributed by atoms with E-state index in [1.165, 1.54) is 5.56 Å². The Morgan fingerprint density at radius 3 is 2.62 bits per heavy atom. The van der Waals surface area contributed by atoms with Crippen molar-refractivity contribution in [2.75, 3.05) is 32.7 Å². The van der Waals surface area contributed by atoms with E-state index in [0.717, 1.165) is 50.2 Å². The van der Waals surface area contributed by atoms with Crippen molar-refractivity contribution in [1.82, 2.24) is 29.8 Å². The topological polar surface area (TPSA) is 67.2 Å². The van der Waals surface area contributed by atoms with Crippen LogP contribution in [0.3, 0.4) is 0 Å². The molecule has 1 saturated heterocycles. The third-order valence-corrected chi connectivity index (χ3v) is 4.98. The molecule has 0 N–H and O–H groups in total. The van der Waals surface area contributed by atoms with Crippen LogP contribution < -0.4 is 0 Å². The molecule has 3 aromatic rings. The Kier molecular flexibility index (Phi) is 4.62. The molecule has 1 aliphatic heterocycles. The lowest BCUT2D eigenvalue weighted by atomic mass is 10.1. The molecule has 2 aromatic heterocycles. The summed E-state index contributed by atoms with van der Waals surface area (Å²) in [5.41, 5.74) is 3.68. The number of aryl methyl sites for hydroxylation is 1. The maximum atomic E-state index is 12.8. The van der Waals surface area contributed by atoms with Crippen molar-refractivity contribution in [3.63, 3.8) is 0 Å². The summed E-state index contributed by atoms with van der Waals surface area (Å²) < 4.78 is 1.71. The molecule has 1 aliphatic rings. The molecule has 0 bridgehead atoms. The van der Waals surface area contributed by atoms with Crippen LogP contribution in [0.25, 0.3) is 11.0 Å². The minimum Gasteiger partial charge on any atom is -0.336 e. The van der Waals surface area contributed by atoms with Gasteiger partial charge in [0.15, 0.2) is 0 Å². The highest BCUT2D eigenvalue weighted by Crippen LogP contribution is 2.15. The fourth-order valence-electron chi connectivity index (χ4n) is 3.37. The zero-order valence-electron chi connectivity index (χ0n) is 14.9. The Bertz CT molecular complexity index is 899. The second-order valence-corrected chi connectivity index (χ2v) is 6.66. The van der Waals surface area contributed by atoms with Gasteiger partial charge in [-0.2, -0.15) is 0 Å². The van der Waals surface area contributed by atoms with Gasteiger partial charge in [0, 0.05) is 57.7 Å². The fraction of sp³-hybridized carbons (Fsp3) is 0.368. The lowest BCUT2D eigenvalue weighted by Gasteiger charge is -2.34. The van der Waals surface area contributed by atoms with Gasteiger partial charge in [-0.3, -0.25) is 14.7 Å². The van der Waals surface area contributed by atoms with Crippen LogP contribution >= 0.6 is 0 Å². The Morgan fingerprint density at radius 1 is 1.08 bits per heavy atom. The van der Waals surface area contributed by atoms with Crippen molar-refractivity contribution in [3.8, 4) is 0 Å². The number of hydrogen-bond donors (Lipinski definition) is 0. The summed E-state index contributed by atoms with van der Waals surface area (Å²) in [5, 5.41) is 8.10. The SMILES string of the molecule is Cn1nnc2cc(C(=O)N3CCN(CCc4ccncc4)CC3)ccc21. The highest BCUT2D eigenvalue weighted by Gasteiger charge is 2.22. The number of piperazine rings is 1. The molecule has 26 heavy (non-hydrogen) atoms. The number of hydrogen-bond acceptors (Lipinski definition) is 5. The van der Waals surface area contributed by atoms with Crippen molar-refractivity contribution in [3.05, 3.63) is 53.9 Å². The molecule has 0 unspecified atom stereocenters. The van der Waals surface area contributed by atoms with E-state index in [2.05, 4.69) is 32.3 Å². The average Bonchev–Trinajstić information content (AvgIpc) is 3.07. The number of rotatable bonds is 4. The number of pyridine rings is 1. The summed E-state index contributed by atoms with van der Waals surface area (Å²) in [6.45, 7) is 4.34. The van der Waals surface area contributed by atoms with Crippen LogP contribution in [0.5, 0.6) is 0 Å². The van der Waals surface area contributed by atoms with Crippen molar-refractivity contribution >= 4 is 16.9 Å². The molecule has 7 nitrogen and oxygen atoms in total. The molecular formula is C19H22N6O. The number of carbonyl (C=O) groups excluding carboxylic acids is 1. The Hall–Kier alpha value is -2.80. The van der Waals surface area contributed by atoms with Crippen molar-refractivity contribution in [1.29, 1.82) is 0 Å². The molecule has 0 saturated carbocycles. The Balaban J connectivity index is 1.34. The Morgan fingerprint density at radius 2 is 1.85 bits per heavy atom. The largest absolute Gasteiger partial charge is 0.336 e. The third-order valence-electron chi connectivity index (χ3n) is 4.98. The van der Waals surface area contributed by atoms with Crippen LogP contribution in [0.4, 0.5) is 0 Å². The summed E-state index contributed by atoms with van der Waals surface area (Å²) in [6, 6.07) is 9.72. The zero-order valence-corrected chi connectivity index (χ0v) is 14.9.